The summed E-state index contributed by atoms with van der Waals surface area (Å²) in [6.45, 7) is 2.15. The lowest BCUT2D eigenvalue weighted by molar-refractivity contribution is -0.159. The summed E-state index contributed by atoms with van der Waals surface area (Å²) in [5.74, 6) is -0.383. The van der Waals surface area contributed by atoms with Crippen molar-refractivity contribution in [2.75, 3.05) is 37.7 Å². The van der Waals surface area contributed by atoms with Crippen LogP contribution in [0.15, 0.2) is 53.2 Å². The molecule has 0 spiro atoms. The number of pyridine rings is 1. The second kappa shape index (κ2) is 8.62. The molecule has 0 saturated carbocycles. The quantitative estimate of drug-likeness (QED) is 0.612. The molecular weight excluding hydrogens is 415 g/mol. The fourth-order valence-electron chi connectivity index (χ4n) is 3.10. The van der Waals surface area contributed by atoms with Gasteiger partial charge in [-0.3, -0.25) is 4.79 Å². The third-order valence-corrected chi connectivity index (χ3v) is 4.74. The summed E-state index contributed by atoms with van der Waals surface area (Å²) >= 11 is 0. The Kier molecular flexibility index (Phi) is 5.74. The van der Waals surface area contributed by atoms with E-state index in [0.29, 0.717) is 43.3 Å². The lowest BCUT2D eigenvalue weighted by atomic mass is 10.2. The van der Waals surface area contributed by atoms with Crippen LogP contribution in [0.3, 0.4) is 0 Å². The highest BCUT2D eigenvalue weighted by Gasteiger charge is 2.38. The molecule has 1 aliphatic heterocycles. The van der Waals surface area contributed by atoms with E-state index < -0.39 is 12.1 Å². The predicted octanol–water partition coefficient (Wildman–Crippen LogP) is 2.88. The monoisotopic (exact) mass is 433 g/mol. The minimum absolute atomic E-state index is 0.0262. The van der Waals surface area contributed by atoms with Crippen LogP contribution in [0, 0.1) is 0 Å². The molecule has 1 aliphatic rings. The van der Waals surface area contributed by atoms with Gasteiger partial charge in [-0.05, 0) is 24.3 Å². The number of ether oxygens (including phenoxy) is 1. The Morgan fingerprint density at radius 2 is 1.81 bits per heavy atom. The van der Waals surface area contributed by atoms with Crippen molar-refractivity contribution < 1.29 is 27.2 Å². The molecule has 1 saturated heterocycles. The number of anilines is 1. The fourth-order valence-corrected chi connectivity index (χ4v) is 3.10. The van der Waals surface area contributed by atoms with Crippen molar-refractivity contribution in [1.82, 2.24) is 20.0 Å². The number of halogens is 3. The average molecular weight is 433 g/mol. The number of carbonyl (C=O) groups excluding carboxylic acids is 1. The Hall–Kier alpha value is -3.63. The molecular formula is C20H18F3N5O3. The topological polar surface area (TPSA) is 84.6 Å². The maximum atomic E-state index is 12.6. The van der Waals surface area contributed by atoms with Crippen molar-refractivity contribution in [3.63, 3.8) is 0 Å². The van der Waals surface area contributed by atoms with Gasteiger partial charge in [-0.2, -0.15) is 18.2 Å². The third-order valence-electron chi connectivity index (χ3n) is 4.74. The second-order valence-electron chi connectivity index (χ2n) is 6.80. The van der Waals surface area contributed by atoms with Crippen LogP contribution in [0.25, 0.3) is 11.4 Å². The molecule has 11 heteroatoms. The van der Waals surface area contributed by atoms with Gasteiger partial charge in [-0.25, -0.2) is 4.98 Å². The highest BCUT2D eigenvalue weighted by Crippen LogP contribution is 2.29. The standard InChI is InChI=1S/C20H18F3N5O3/c21-20(22,23)19-25-18(26-31-19)14-6-7-16(24-12-14)27-8-10-28(11-9-27)17(29)13-30-15-4-2-1-3-5-15/h1-7,12H,8-11,13H2. The lowest BCUT2D eigenvalue weighted by Gasteiger charge is -2.35. The van der Waals surface area contributed by atoms with Gasteiger partial charge in [0.05, 0.1) is 0 Å². The fraction of sp³-hybridized carbons (Fsp3) is 0.300. The number of hydrogen-bond donors (Lipinski definition) is 0. The molecule has 0 aliphatic carbocycles. The first kappa shape index (κ1) is 20.6. The first-order chi connectivity index (χ1) is 14.9. The van der Waals surface area contributed by atoms with Crippen LogP contribution in [0.1, 0.15) is 5.89 Å². The van der Waals surface area contributed by atoms with Gasteiger partial charge in [-0.1, -0.05) is 23.4 Å². The van der Waals surface area contributed by atoms with Gasteiger partial charge in [-0.15, -0.1) is 0 Å². The second-order valence-corrected chi connectivity index (χ2v) is 6.80. The molecule has 31 heavy (non-hydrogen) atoms. The van der Waals surface area contributed by atoms with Crippen LogP contribution >= 0.6 is 0 Å². The number of aromatic nitrogens is 3. The maximum Gasteiger partial charge on any atom is 0.471 e. The number of benzene rings is 1. The van der Waals surface area contributed by atoms with E-state index >= 15 is 0 Å². The number of nitrogens with zero attached hydrogens (tertiary/aromatic N) is 5. The van der Waals surface area contributed by atoms with Crippen molar-refractivity contribution in [3.8, 4) is 17.1 Å². The van der Waals surface area contributed by atoms with Crippen LogP contribution in [0.4, 0.5) is 19.0 Å². The van der Waals surface area contributed by atoms with Gasteiger partial charge in [0.2, 0.25) is 5.82 Å². The molecule has 162 valence electrons. The Labute approximate surface area is 175 Å². The van der Waals surface area contributed by atoms with E-state index in [0.717, 1.165) is 0 Å². The van der Waals surface area contributed by atoms with Crippen molar-refractivity contribution in [2.24, 2.45) is 0 Å². The summed E-state index contributed by atoms with van der Waals surface area (Å²) in [5, 5.41) is 3.35. The number of para-hydroxylation sites is 1. The SMILES string of the molecule is O=C(COc1ccccc1)N1CCN(c2ccc(-c3noc(C(F)(F)F)n3)cn2)CC1. The number of carbonyl (C=O) groups is 1. The van der Waals surface area contributed by atoms with Crippen molar-refractivity contribution >= 4 is 11.7 Å². The zero-order valence-electron chi connectivity index (χ0n) is 16.2. The Morgan fingerprint density at radius 3 is 2.42 bits per heavy atom. The van der Waals surface area contributed by atoms with Crippen LogP contribution < -0.4 is 9.64 Å². The van der Waals surface area contributed by atoms with Crippen molar-refractivity contribution in [2.45, 2.75) is 6.18 Å². The van der Waals surface area contributed by atoms with E-state index in [4.69, 9.17) is 4.74 Å². The summed E-state index contributed by atoms with van der Waals surface area (Å²) in [5.41, 5.74) is 0.315. The van der Waals surface area contributed by atoms with Gasteiger partial charge in [0.1, 0.15) is 11.6 Å². The van der Waals surface area contributed by atoms with Crippen LogP contribution in [-0.2, 0) is 11.0 Å². The Bertz CT molecular complexity index is 1020. The van der Waals surface area contributed by atoms with E-state index in [9.17, 15) is 18.0 Å². The zero-order valence-corrected chi connectivity index (χ0v) is 16.2. The van der Waals surface area contributed by atoms with E-state index in [1.165, 1.54) is 6.20 Å². The molecule has 0 radical (unpaired) electrons. The third kappa shape index (κ3) is 4.93. The minimum Gasteiger partial charge on any atom is -0.484 e. The molecule has 8 nitrogen and oxygen atoms in total. The summed E-state index contributed by atoms with van der Waals surface area (Å²) in [6, 6.07) is 12.4. The number of hydrogen-bond acceptors (Lipinski definition) is 7. The van der Waals surface area contributed by atoms with Gasteiger partial charge in [0.25, 0.3) is 5.91 Å². The van der Waals surface area contributed by atoms with Crippen molar-refractivity contribution in [3.05, 3.63) is 54.6 Å². The molecule has 0 atom stereocenters. The predicted molar refractivity (Wildman–Crippen MR) is 103 cm³/mol. The van der Waals surface area contributed by atoms with Crippen LogP contribution in [-0.4, -0.2) is 58.7 Å². The molecule has 1 fully saturated rings. The van der Waals surface area contributed by atoms with Gasteiger partial charge < -0.3 is 19.1 Å². The van der Waals surface area contributed by atoms with E-state index in [-0.39, 0.29) is 18.3 Å². The van der Waals surface area contributed by atoms with E-state index in [1.54, 1.807) is 29.2 Å². The average Bonchev–Trinajstić information content (AvgIpc) is 3.29. The van der Waals surface area contributed by atoms with Crippen LogP contribution in [0.2, 0.25) is 0 Å². The number of piperazine rings is 1. The Morgan fingerprint density at radius 1 is 1.06 bits per heavy atom. The molecule has 1 aromatic carbocycles. The smallest absolute Gasteiger partial charge is 0.471 e. The molecule has 0 N–H and O–H groups in total. The maximum absolute atomic E-state index is 12.6. The molecule has 1 amide bonds. The van der Waals surface area contributed by atoms with Gasteiger partial charge in [0, 0.05) is 37.9 Å². The molecule has 0 bridgehead atoms. The summed E-state index contributed by atoms with van der Waals surface area (Å²) in [4.78, 5) is 23.7. The van der Waals surface area contributed by atoms with E-state index in [1.807, 2.05) is 23.1 Å². The van der Waals surface area contributed by atoms with E-state index in [2.05, 4.69) is 19.6 Å². The number of alkyl halides is 3. The lowest BCUT2D eigenvalue weighted by Crippen LogP contribution is -2.50. The number of amides is 1. The van der Waals surface area contributed by atoms with Gasteiger partial charge >= 0.3 is 12.1 Å². The first-order valence-electron chi connectivity index (χ1n) is 9.48. The molecule has 4 rings (SSSR count). The van der Waals surface area contributed by atoms with Crippen LogP contribution in [0.5, 0.6) is 5.75 Å². The van der Waals surface area contributed by atoms with Gasteiger partial charge in [0.15, 0.2) is 6.61 Å². The molecule has 3 heterocycles. The first-order valence-corrected chi connectivity index (χ1v) is 9.48. The highest BCUT2D eigenvalue weighted by molar-refractivity contribution is 5.78. The largest absolute Gasteiger partial charge is 0.484 e. The molecule has 2 aromatic heterocycles. The summed E-state index contributed by atoms with van der Waals surface area (Å²) in [6.07, 6.45) is -3.30. The summed E-state index contributed by atoms with van der Waals surface area (Å²) < 4.78 is 47.5. The molecule has 0 unspecified atom stereocenters. The number of rotatable bonds is 5. The summed E-state index contributed by atoms with van der Waals surface area (Å²) in [7, 11) is 0. The minimum atomic E-state index is -4.69. The normalized spacial score (nSPS) is 14.5. The zero-order chi connectivity index (χ0) is 21.8. The van der Waals surface area contributed by atoms with Crippen molar-refractivity contribution in [1.29, 1.82) is 0 Å². The Balaban J connectivity index is 1.30. The molecule has 3 aromatic rings. The highest BCUT2D eigenvalue weighted by atomic mass is 19.4.